The van der Waals surface area contributed by atoms with Gasteiger partial charge in [-0.25, -0.2) is 0 Å². The monoisotopic (exact) mass is 498 g/mol. The van der Waals surface area contributed by atoms with E-state index in [2.05, 4.69) is 27.7 Å². The predicted molar refractivity (Wildman–Crippen MR) is 129 cm³/mol. The summed E-state index contributed by atoms with van der Waals surface area (Å²) in [7, 11) is 0. The van der Waals surface area contributed by atoms with E-state index in [1.54, 1.807) is 0 Å². The maximum absolute atomic E-state index is 13.0. The molecule has 0 aromatic rings. The molecule has 6 heteroatoms. The molecule has 3 nitrogen and oxygen atoms in total. The number of alkyl halides is 3. The maximum atomic E-state index is 13.0. The van der Waals surface area contributed by atoms with Gasteiger partial charge in [0.2, 0.25) is 5.78 Å². The van der Waals surface area contributed by atoms with Crippen molar-refractivity contribution < 1.29 is 27.5 Å². The number of hydrogen-bond acceptors (Lipinski definition) is 3. The number of carbonyl (C=O) groups excluding carboxylic acids is 2. The van der Waals surface area contributed by atoms with Crippen molar-refractivity contribution in [1.29, 1.82) is 0 Å². The van der Waals surface area contributed by atoms with Crippen molar-refractivity contribution in [2.24, 2.45) is 58.2 Å². The fourth-order valence-corrected chi connectivity index (χ4v) is 10.0. The molecule has 0 aliphatic heterocycles. The number of Topliss-reactive ketones (excluding diaryl/α,β-unsaturated/α-hetero) is 1. The Kier molecular flexibility index (Phi) is 7.21. The summed E-state index contributed by atoms with van der Waals surface area (Å²) in [6.07, 6.45) is 3.20. The Morgan fingerprint density at radius 3 is 2.23 bits per heavy atom. The van der Waals surface area contributed by atoms with E-state index in [0.29, 0.717) is 29.6 Å². The van der Waals surface area contributed by atoms with Crippen LogP contribution in [0, 0.1) is 58.2 Å². The minimum Gasteiger partial charge on any atom is -0.462 e. The molecule has 0 radical (unpaired) electrons. The van der Waals surface area contributed by atoms with Gasteiger partial charge in [0.25, 0.3) is 0 Å². The Hall–Kier alpha value is -1.07. The Morgan fingerprint density at radius 2 is 1.63 bits per heavy atom. The molecule has 35 heavy (non-hydrogen) atoms. The quantitative estimate of drug-likeness (QED) is 0.366. The number of hydrogen-bond donors (Lipinski definition) is 0. The molecule has 0 spiro atoms. The molecule has 4 saturated carbocycles. The van der Waals surface area contributed by atoms with Crippen LogP contribution >= 0.6 is 0 Å². The molecule has 0 N–H and O–H groups in total. The second-order valence-electron chi connectivity index (χ2n) is 13.3. The molecule has 0 bridgehead atoms. The Labute approximate surface area is 209 Å². The highest BCUT2D eigenvalue weighted by atomic mass is 19.4. The van der Waals surface area contributed by atoms with Crippen LogP contribution in [0.2, 0.25) is 0 Å². The van der Waals surface area contributed by atoms with Gasteiger partial charge in [-0.3, -0.25) is 9.59 Å². The highest BCUT2D eigenvalue weighted by Crippen LogP contribution is 2.70. The third kappa shape index (κ3) is 4.47. The van der Waals surface area contributed by atoms with Gasteiger partial charge in [0.05, 0.1) is 0 Å². The zero-order valence-electron chi connectivity index (χ0n) is 22.4. The normalized spacial score (nSPS) is 46.2. The number of fused-ring (bicyclic) bond motifs is 5. The lowest BCUT2D eigenvalue weighted by Crippen LogP contribution is -2.62. The third-order valence-electron chi connectivity index (χ3n) is 11.5. The van der Waals surface area contributed by atoms with Gasteiger partial charge in [-0.2, -0.15) is 13.2 Å². The number of ketones is 1. The van der Waals surface area contributed by atoms with Crippen molar-refractivity contribution in [3.05, 3.63) is 0 Å². The molecule has 4 rings (SSSR count). The molecule has 0 amide bonds. The lowest BCUT2D eigenvalue weighted by molar-refractivity contribution is -0.214. The average molecular weight is 499 g/mol. The van der Waals surface area contributed by atoms with E-state index < -0.39 is 18.4 Å². The predicted octanol–water partition coefficient (Wildman–Crippen LogP) is 7.62. The van der Waals surface area contributed by atoms with Crippen LogP contribution in [-0.2, 0) is 14.3 Å². The minimum atomic E-state index is -4.76. The molecule has 0 aromatic carbocycles. The van der Waals surface area contributed by atoms with E-state index in [0.717, 1.165) is 32.1 Å². The molecule has 0 heterocycles. The van der Waals surface area contributed by atoms with Crippen LogP contribution in [0.1, 0.15) is 99.3 Å². The summed E-state index contributed by atoms with van der Waals surface area (Å²) in [5.41, 5.74) is 0.111. The topological polar surface area (TPSA) is 43.4 Å². The van der Waals surface area contributed by atoms with Gasteiger partial charge in [-0.05, 0) is 97.2 Å². The van der Waals surface area contributed by atoms with Gasteiger partial charge >= 0.3 is 12.1 Å². The smallest absolute Gasteiger partial charge is 0.449 e. The molecule has 0 saturated heterocycles. The van der Waals surface area contributed by atoms with Crippen molar-refractivity contribution in [3.63, 3.8) is 0 Å². The third-order valence-corrected chi connectivity index (χ3v) is 11.5. The van der Waals surface area contributed by atoms with Crippen molar-refractivity contribution in [2.45, 2.75) is 112 Å². The van der Waals surface area contributed by atoms with Crippen molar-refractivity contribution >= 4 is 11.8 Å². The first-order valence-corrected chi connectivity index (χ1v) is 14.0. The summed E-state index contributed by atoms with van der Waals surface area (Å²) in [6, 6.07) is 0. The summed E-state index contributed by atoms with van der Waals surface area (Å²) in [5, 5.41) is 0. The van der Waals surface area contributed by atoms with Crippen molar-refractivity contribution in [2.75, 3.05) is 0 Å². The number of esters is 1. The Bertz CT molecular complexity index is 824. The lowest BCUT2D eigenvalue weighted by atomic mass is 9.41. The van der Waals surface area contributed by atoms with Crippen LogP contribution in [0.15, 0.2) is 0 Å². The Balaban J connectivity index is 1.68. The summed E-state index contributed by atoms with van der Waals surface area (Å²) in [4.78, 5) is 24.2. The molecule has 0 aromatic heterocycles. The van der Waals surface area contributed by atoms with Gasteiger partial charge in [0.15, 0.2) is 0 Å². The van der Waals surface area contributed by atoms with E-state index in [4.69, 9.17) is 4.74 Å². The summed E-state index contributed by atoms with van der Waals surface area (Å²) >= 11 is 0. The van der Waals surface area contributed by atoms with Crippen molar-refractivity contribution in [1.82, 2.24) is 0 Å². The van der Waals surface area contributed by atoms with Crippen LogP contribution in [0.4, 0.5) is 13.2 Å². The molecule has 3 unspecified atom stereocenters. The van der Waals surface area contributed by atoms with E-state index in [-0.39, 0.29) is 40.7 Å². The molecule has 4 aliphatic carbocycles. The largest absolute Gasteiger partial charge is 0.462 e. The molecular formula is C29H45F3O3. The number of halogens is 3. The molecule has 11 atom stereocenters. The van der Waals surface area contributed by atoms with E-state index >= 15 is 0 Å². The fourth-order valence-electron chi connectivity index (χ4n) is 10.0. The van der Waals surface area contributed by atoms with Gasteiger partial charge in [0.1, 0.15) is 6.10 Å². The average Bonchev–Trinajstić information content (AvgIpc) is 3.11. The van der Waals surface area contributed by atoms with Gasteiger partial charge in [0, 0.05) is 19.3 Å². The maximum Gasteiger partial charge on any atom is 0.449 e. The molecule has 4 fully saturated rings. The highest BCUT2D eigenvalue weighted by molar-refractivity contribution is 5.84. The second kappa shape index (κ2) is 9.35. The standard InChI is InChI=1S/C29H45F3O3/c1-7-19-23-14-16(2)10-12-28(23,6)22-11-13-27(5)20(17(3)15-24(34)29(30,31)32)8-9-21(27)25(22)26(19)35-18(4)33/h16-17,19-23,25-26H,7-15H2,1-6H3/t16-,17-,19-,20-,21?,22?,23+,25?,26-,27-,28-/m1/s1. The zero-order chi connectivity index (χ0) is 25.9. The van der Waals surface area contributed by atoms with Crippen molar-refractivity contribution in [3.8, 4) is 0 Å². The molecule has 200 valence electrons. The van der Waals surface area contributed by atoms with E-state index in [9.17, 15) is 22.8 Å². The van der Waals surface area contributed by atoms with Crippen LogP contribution in [-0.4, -0.2) is 24.0 Å². The molecular weight excluding hydrogens is 453 g/mol. The SMILES string of the molecule is CC[C@H]1[C@@H](OC(C)=O)C2C3CC[C@H]([C@H](C)CC(=O)C(F)(F)F)[C@@]3(C)CCC2[C@@]2(C)CC[C@@H](C)C[C@@H]12. The molecule has 4 aliphatic rings. The number of ether oxygens (including phenoxy) is 1. The second-order valence-corrected chi connectivity index (χ2v) is 13.3. The van der Waals surface area contributed by atoms with Gasteiger partial charge in [-0.1, -0.05) is 41.0 Å². The van der Waals surface area contributed by atoms with Crippen LogP contribution in [0.3, 0.4) is 0 Å². The number of carbonyl (C=O) groups is 2. The first-order chi connectivity index (χ1) is 16.2. The first kappa shape index (κ1) is 27.0. The first-order valence-electron chi connectivity index (χ1n) is 14.0. The van der Waals surface area contributed by atoms with E-state index in [1.807, 2.05) is 6.92 Å². The van der Waals surface area contributed by atoms with Gasteiger partial charge < -0.3 is 4.74 Å². The summed E-state index contributed by atoms with van der Waals surface area (Å²) in [5.74, 6) is 0.610. The lowest BCUT2D eigenvalue weighted by Gasteiger charge is -2.65. The van der Waals surface area contributed by atoms with Gasteiger partial charge in [-0.15, -0.1) is 0 Å². The Morgan fingerprint density at radius 1 is 1.00 bits per heavy atom. The minimum absolute atomic E-state index is 0.0923. The number of rotatable bonds is 5. The summed E-state index contributed by atoms with van der Waals surface area (Å²) in [6.45, 7) is 12.7. The van der Waals surface area contributed by atoms with Crippen LogP contribution in [0.5, 0.6) is 0 Å². The van der Waals surface area contributed by atoms with E-state index in [1.165, 1.54) is 26.2 Å². The zero-order valence-corrected chi connectivity index (χ0v) is 22.4. The summed E-state index contributed by atoms with van der Waals surface area (Å²) < 4.78 is 45.3. The fraction of sp³-hybridized carbons (Fsp3) is 0.931. The highest BCUT2D eigenvalue weighted by Gasteiger charge is 2.66. The van der Waals surface area contributed by atoms with Crippen LogP contribution < -0.4 is 0 Å². The van der Waals surface area contributed by atoms with Crippen LogP contribution in [0.25, 0.3) is 0 Å².